The molecular formula is C17H21N3O3S. The van der Waals surface area contributed by atoms with Crippen molar-refractivity contribution in [1.29, 1.82) is 0 Å². The number of hydrogen-bond acceptors (Lipinski definition) is 3. The van der Waals surface area contributed by atoms with Gasteiger partial charge < -0.3 is 10.2 Å². The third kappa shape index (κ3) is 4.33. The minimum Gasteiger partial charge on any atom is -0.321 e. The van der Waals surface area contributed by atoms with Gasteiger partial charge in [-0.2, -0.15) is 0 Å². The van der Waals surface area contributed by atoms with E-state index in [2.05, 4.69) is 5.32 Å². The summed E-state index contributed by atoms with van der Waals surface area (Å²) in [5, 5.41) is 7.91. The largest absolute Gasteiger partial charge is 0.322 e. The fourth-order valence-electron chi connectivity index (χ4n) is 2.18. The normalized spacial score (nSPS) is 12.5. The van der Waals surface area contributed by atoms with Crippen LogP contribution in [0.15, 0.2) is 53.4 Å². The quantitative estimate of drug-likeness (QED) is 0.890. The Morgan fingerprint density at radius 2 is 1.62 bits per heavy atom. The van der Waals surface area contributed by atoms with Crippen LogP contribution in [0.1, 0.15) is 24.1 Å². The highest BCUT2D eigenvalue weighted by Crippen LogP contribution is 2.21. The van der Waals surface area contributed by atoms with Crippen molar-refractivity contribution in [3.05, 3.63) is 59.7 Å². The smallest absolute Gasteiger partial charge is 0.321 e. The molecule has 128 valence electrons. The molecule has 1 atom stereocenters. The Bertz CT molecular complexity index is 815. The van der Waals surface area contributed by atoms with Crippen LogP contribution in [-0.2, 0) is 10.0 Å². The summed E-state index contributed by atoms with van der Waals surface area (Å²) in [4.78, 5) is 13.9. The second-order valence-corrected chi connectivity index (χ2v) is 7.26. The number of carbonyl (C=O) groups excluding carboxylic acids is 1. The van der Waals surface area contributed by atoms with Crippen LogP contribution in [0.5, 0.6) is 0 Å². The standard InChI is InChI=1S/C17H21N3O3S/c1-12-4-8-15(9-5-12)19-17(21)20(3)13(2)14-6-10-16(11-7-14)24(18,22)23/h4-11,13H,1-3H3,(H,19,21)(H2,18,22,23). The summed E-state index contributed by atoms with van der Waals surface area (Å²) in [6.45, 7) is 3.84. The molecule has 0 bridgehead atoms. The van der Waals surface area contributed by atoms with Crippen LogP contribution in [0.25, 0.3) is 0 Å². The molecule has 0 aromatic heterocycles. The first-order valence-corrected chi connectivity index (χ1v) is 8.96. The van der Waals surface area contributed by atoms with Gasteiger partial charge >= 0.3 is 6.03 Å². The fraction of sp³-hybridized carbons (Fsp3) is 0.235. The van der Waals surface area contributed by atoms with Crippen LogP contribution in [0.2, 0.25) is 0 Å². The Balaban J connectivity index is 2.09. The van der Waals surface area contributed by atoms with Crippen LogP contribution >= 0.6 is 0 Å². The van der Waals surface area contributed by atoms with E-state index in [4.69, 9.17) is 5.14 Å². The van der Waals surface area contributed by atoms with E-state index in [-0.39, 0.29) is 17.0 Å². The van der Waals surface area contributed by atoms with Crippen LogP contribution in [0, 0.1) is 6.92 Å². The van der Waals surface area contributed by atoms with Gasteiger partial charge in [0.2, 0.25) is 10.0 Å². The van der Waals surface area contributed by atoms with Crippen molar-refractivity contribution >= 4 is 21.7 Å². The van der Waals surface area contributed by atoms with Crippen molar-refractivity contribution in [2.45, 2.75) is 24.8 Å². The van der Waals surface area contributed by atoms with E-state index >= 15 is 0 Å². The third-order valence-corrected chi connectivity index (χ3v) is 4.82. The average molecular weight is 347 g/mol. The van der Waals surface area contributed by atoms with E-state index in [1.165, 1.54) is 12.1 Å². The molecule has 0 aliphatic carbocycles. The van der Waals surface area contributed by atoms with E-state index < -0.39 is 10.0 Å². The zero-order chi connectivity index (χ0) is 17.9. The fourth-order valence-corrected chi connectivity index (χ4v) is 2.70. The van der Waals surface area contributed by atoms with Gasteiger partial charge in [-0.3, -0.25) is 0 Å². The third-order valence-electron chi connectivity index (χ3n) is 3.90. The van der Waals surface area contributed by atoms with E-state index in [9.17, 15) is 13.2 Å². The molecule has 2 aromatic carbocycles. The molecule has 24 heavy (non-hydrogen) atoms. The van der Waals surface area contributed by atoms with E-state index in [1.807, 2.05) is 38.1 Å². The zero-order valence-electron chi connectivity index (χ0n) is 13.9. The molecule has 6 nitrogen and oxygen atoms in total. The van der Waals surface area contributed by atoms with Crippen molar-refractivity contribution in [1.82, 2.24) is 4.90 Å². The number of benzene rings is 2. The Morgan fingerprint density at radius 1 is 1.08 bits per heavy atom. The van der Waals surface area contributed by atoms with Gasteiger partial charge in [0.05, 0.1) is 10.9 Å². The van der Waals surface area contributed by atoms with E-state index in [1.54, 1.807) is 24.1 Å². The van der Waals surface area contributed by atoms with Gasteiger partial charge in [0, 0.05) is 12.7 Å². The molecule has 0 fully saturated rings. The summed E-state index contributed by atoms with van der Waals surface area (Å²) < 4.78 is 22.6. The first kappa shape index (κ1) is 18.0. The number of anilines is 1. The molecule has 0 saturated carbocycles. The Kier molecular flexibility index (Phi) is 5.26. The number of hydrogen-bond donors (Lipinski definition) is 2. The summed E-state index contributed by atoms with van der Waals surface area (Å²) in [5.41, 5.74) is 2.64. The monoisotopic (exact) mass is 347 g/mol. The molecular weight excluding hydrogens is 326 g/mol. The molecule has 0 aliphatic heterocycles. The topological polar surface area (TPSA) is 92.5 Å². The number of amides is 2. The van der Waals surface area contributed by atoms with Crippen LogP contribution in [-0.4, -0.2) is 26.4 Å². The van der Waals surface area contributed by atoms with Crippen LogP contribution in [0.3, 0.4) is 0 Å². The molecule has 0 aliphatic rings. The van der Waals surface area contributed by atoms with Gasteiger partial charge in [-0.1, -0.05) is 29.8 Å². The number of primary sulfonamides is 1. The number of aryl methyl sites for hydroxylation is 1. The summed E-state index contributed by atoms with van der Waals surface area (Å²) in [6, 6.07) is 13.2. The molecule has 2 rings (SSSR count). The van der Waals surface area contributed by atoms with E-state index in [0.717, 1.165) is 11.1 Å². The molecule has 1 unspecified atom stereocenters. The summed E-state index contributed by atoms with van der Waals surface area (Å²) in [5.74, 6) is 0. The maximum Gasteiger partial charge on any atom is 0.322 e. The summed E-state index contributed by atoms with van der Waals surface area (Å²) >= 11 is 0. The van der Waals surface area contributed by atoms with Crippen molar-refractivity contribution in [2.75, 3.05) is 12.4 Å². The number of nitrogens with one attached hydrogen (secondary N) is 1. The SMILES string of the molecule is Cc1ccc(NC(=O)N(C)C(C)c2ccc(S(N)(=O)=O)cc2)cc1. The molecule has 2 amide bonds. The molecule has 0 spiro atoms. The predicted octanol–water partition coefficient (Wildman–Crippen LogP) is 2.87. The van der Waals surface area contributed by atoms with Gasteiger partial charge in [0.15, 0.2) is 0 Å². The highest BCUT2D eigenvalue weighted by Gasteiger charge is 2.18. The number of nitrogens with two attached hydrogens (primary N) is 1. The lowest BCUT2D eigenvalue weighted by atomic mass is 10.1. The molecule has 2 aromatic rings. The second kappa shape index (κ2) is 7.02. The lowest BCUT2D eigenvalue weighted by Gasteiger charge is -2.25. The Hall–Kier alpha value is -2.38. The maximum absolute atomic E-state index is 12.3. The van der Waals surface area contributed by atoms with E-state index in [0.29, 0.717) is 5.69 Å². The number of sulfonamides is 1. The Labute approximate surface area is 142 Å². The first-order valence-electron chi connectivity index (χ1n) is 7.42. The Morgan fingerprint density at radius 3 is 2.12 bits per heavy atom. The molecule has 0 heterocycles. The van der Waals surface area contributed by atoms with Gasteiger partial charge in [-0.05, 0) is 43.7 Å². The van der Waals surface area contributed by atoms with Gasteiger partial charge in [0.25, 0.3) is 0 Å². The number of nitrogens with zero attached hydrogens (tertiary/aromatic N) is 1. The molecule has 0 radical (unpaired) electrons. The van der Waals surface area contributed by atoms with Crippen molar-refractivity contribution in [2.24, 2.45) is 5.14 Å². The first-order chi connectivity index (χ1) is 11.2. The average Bonchev–Trinajstić information content (AvgIpc) is 2.55. The highest BCUT2D eigenvalue weighted by molar-refractivity contribution is 7.89. The summed E-state index contributed by atoms with van der Waals surface area (Å²) in [7, 11) is -2.04. The van der Waals surface area contributed by atoms with Gasteiger partial charge in [-0.15, -0.1) is 0 Å². The van der Waals surface area contributed by atoms with Crippen LogP contribution in [0.4, 0.5) is 10.5 Å². The molecule has 0 saturated heterocycles. The minimum atomic E-state index is -3.72. The maximum atomic E-state index is 12.3. The highest BCUT2D eigenvalue weighted by atomic mass is 32.2. The zero-order valence-corrected chi connectivity index (χ0v) is 14.7. The predicted molar refractivity (Wildman–Crippen MR) is 94.2 cm³/mol. The van der Waals surface area contributed by atoms with Crippen molar-refractivity contribution in [3.63, 3.8) is 0 Å². The van der Waals surface area contributed by atoms with Crippen molar-refractivity contribution < 1.29 is 13.2 Å². The minimum absolute atomic E-state index is 0.0465. The lowest BCUT2D eigenvalue weighted by molar-refractivity contribution is 0.208. The van der Waals surface area contributed by atoms with Crippen molar-refractivity contribution in [3.8, 4) is 0 Å². The van der Waals surface area contributed by atoms with Crippen LogP contribution < -0.4 is 10.5 Å². The van der Waals surface area contributed by atoms with Gasteiger partial charge in [0.1, 0.15) is 0 Å². The molecule has 7 heteroatoms. The lowest BCUT2D eigenvalue weighted by Crippen LogP contribution is -2.33. The summed E-state index contributed by atoms with van der Waals surface area (Å²) in [6.07, 6.45) is 0. The number of urea groups is 1. The molecule has 3 N–H and O–H groups in total. The van der Waals surface area contributed by atoms with Gasteiger partial charge in [-0.25, -0.2) is 18.4 Å². The second-order valence-electron chi connectivity index (χ2n) is 5.70. The number of carbonyl (C=O) groups is 1. The number of rotatable bonds is 4.